The molecule has 0 spiro atoms. The quantitative estimate of drug-likeness (QED) is 0.789. The molecule has 1 unspecified atom stereocenters. The molecule has 0 radical (unpaired) electrons. The molecule has 0 saturated carbocycles. The molecular weight excluding hydrogens is 194 g/mol. The first-order valence-corrected chi connectivity index (χ1v) is 4.88. The molecule has 0 amide bonds. The molecule has 0 aliphatic heterocycles. The number of likely N-dealkylation sites (N-methyl/N-ethyl adjacent to an activating group) is 1. The summed E-state index contributed by atoms with van der Waals surface area (Å²) in [7, 11) is 1.81. The molecule has 12 heavy (non-hydrogen) atoms. The van der Waals surface area contributed by atoms with Gasteiger partial charge in [-0.1, -0.05) is 11.6 Å². The average molecular weight is 206 g/mol. The Morgan fingerprint density at radius 1 is 1.67 bits per heavy atom. The third kappa shape index (κ3) is 2.20. The minimum absolute atomic E-state index is 0.532. The molecule has 2 nitrogen and oxygen atoms in total. The van der Waals surface area contributed by atoms with Crippen LogP contribution in [0.1, 0.15) is 11.8 Å². The lowest BCUT2D eigenvalue weighted by Crippen LogP contribution is -2.32. The van der Waals surface area contributed by atoms with Gasteiger partial charge in [0.1, 0.15) is 5.60 Å². The highest BCUT2D eigenvalue weighted by Crippen LogP contribution is 2.30. The van der Waals surface area contributed by atoms with Crippen LogP contribution in [0.2, 0.25) is 4.34 Å². The smallest absolute Gasteiger partial charge is 0.108 e. The number of halogens is 1. The van der Waals surface area contributed by atoms with E-state index >= 15 is 0 Å². The van der Waals surface area contributed by atoms with Crippen molar-refractivity contribution in [2.45, 2.75) is 12.5 Å². The van der Waals surface area contributed by atoms with Crippen molar-refractivity contribution < 1.29 is 5.11 Å². The zero-order chi connectivity index (χ0) is 9.19. The highest BCUT2D eigenvalue weighted by Gasteiger charge is 2.23. The van der Waals surface area contributed by atoms with Crippen molar-refractivity contribution in [1.82, 2.24) is 5.32 Å². The number of nitrogens with one attached hydrogen (secondary N) is 1. The Labute approximate surface area is 81.2 Å². The van der Waals surface area contributed by atoms with Crippen molar-refractivity contribution in [2.75, 3.05) is 13.6 Å². The van der Waals surface area contributed by atoms with Crippen molar-refractivity contribution >= 4 is 22.9 Å². The van der Waals surface area contributed by atoms with Gasteiger partial charge in [0.05, 0.1) is 4.34 Å². The molecule has 1 aromatic heterocycles. The van der Waals surface area contributed by atoms with Crippen molar-refractivity contribution in [1.29, 1.82) is 0 Å². The van der Waals surface area contributed by atoms with Gasteiger partial charge in [0.15, 0.2) is 0 Å². The lowest BCUT2D eigenvalue weighted by Gasteiger charge is -2.20. The Hall–Kier alpha value is -0.0900. The van der Waals surface area contributed by atoms with Gasteiger partial charge in [-0.3, -0.25) is 0 Å². The van der Waals surface area contributed by atoms with Gasteiger partial charge in [-0.05, 0) is 26.1 Å². The van der Waals surface area contributed by atoms with Gasteiger partial charge in [-0.15, -0.1) is 11.3 Å². The Morgan fingerprint density at radius 3 is 2.75 bits per heavy atom. The second kappa shape index (κ2) is 3.75. The fourth-order valence-electron chi connectivity index (χ4n) is 1.04. The van der Waals surface area contributed by atoms with E-state index in [9.17, 15) is 5.11 Å². The molecule has 1 aromatic rings. The maximum absolute atomic E-state index is 9.89. The summed E-state index contributed by atoms with van der Waals surface area (Å²) in [5.74, 6) is 0. The van der Waals surface area contributed by atoms with E-state index in [1.54, 1.807) is 13.0 Å². The van der Waals surface area contributed by atoms with Crippen LogP contribution in [0.15, 0.2) is 12.1 Å². The van der Waals surface area contributed by atoms with E-state index in [2.05, 4.69) is 5.32 Å². The zero-order valence-electron chi connectivity index (χ0n) is 7.10. The molecule has 2 N–H and O–H groups in total. The molecule has 0 fully saturated rings. The molecule has 0 bridgehead atoms. The molecule has 0 aliphatic carbocycles. The standard InChI is InChI=1S/C8H12ClNOS/c1-8(11,5-10-2)6-3-4-7(9)12-6/h3-4,10-11H,5H2,1-2H3. The first-order chi connectivity index (χ1) is 5.56. The van der Waals surface area contributed by atoms with E-state index in [1.165, 1.54) is 11.3 Å². The summed E-state index contributed by atoms with van der Waals surface area (Å²) in [6.07, 6.45) is 0. The first kappa shape index (κ1) is 9.99. The molecule has 1 heterocycles. The summed E-state index contributed by atoms with van der Waals surface area (Å²) in [5, 5.41) is 12.8. The minimum Gasteiger partial charge on any atom is -0.383 e. The predicted octanol–water partition coefficient (Wildman–Crippen LogP) is 1.83. The Morgan fingerprint density at radius 2 is 2.33 bits per heavy atom. The summed E-state index contributed by atoms with van der Waals surface area (Å²) in [6, 6.07) is 3.65. The van der Waals surface area contributed by atoms with Gasteiger partial charge in [0.25, 0.3) is 0 Å². The fraction of sp³-hybridized carbons (Fsp3) is 0.500. The molecule has 0 aliphatic rings. The average Bonchev–Trinajstić information content (AvgIpc) is 2.36. The third-order valence-corrected chi connectivity index (χ3v) is 3.11. The van der Waals surface area contributed by atoms with Gasteiger partial charge < -0.3 is 10.4 Å². The topological polar surface area (TPSA) is 32.3 Å². The number of rotatable bonds is 3. The van der Waals surface area contributed by atoms with Crippen molar-refractivity contribution in [3.63, 3.8) is 0 Å². The number of hydrogen-bond donors (Lipinski definition) is 2. The van der Waals surface area contributed by atoms with Crippen LogP contribution in [0, 0.1) is 0 Å². The summed E-state index contributed by atoms with van der Waals surface area (Å²) in [6.45, 7) is 2.30. The van der Waals surface area contributed by atoms with Crippen molar-refractivity contribution in [3.05, 3.63) is 21.3 Å². The van der Waals surface area contributed by atoms with Crippen LogP contribution in [0.3, 0.4) is 0 Å². The van der Waals surface area contributed by atoms with Gasteiger partial charge >= 0.3 is 0 Å². The Kier molecular flexibility index (Phi) is 3.12. The van der Waals surface area contributed by atoms with Crippen LogP contribution < -0.4 is 5.32 Å². The summed E-state index contributed by atoms with van der Waals surface area (Å²) >= 11 is 7.16. The van der Waals surface area contributed by atoms with Gasteiger partial charge in [-0.25, -0.2) is 0 Å². The SMILES string of the molecule is CNCC(C)(O)c1ccc(Cl)s1. The molecule has 0 saturated heterocycles. The predicted molar refractivity (Wildman–Crippen MR) is 52.8 cm³/mol. The van der Waals surface area contributed by atoms with Crippen LogP contribution >= 0.6 is 22.9 Å². The van der Waals surface area contributed by atoms with E-state index in [1.807, 2.05) is 13.1 Å². The Bertz CT molecular complexity index is 259. The highest BCUT2D eigenvalue weighted by atomic mass is 35.5. The maximum Gasteiger partial charge on any atom is 0.108 e. The van der Waals surface area contributed by atoms with Gasteiger partial charge in [0, 0.05) is 11.4 Å². The first-order valence-electron chi connectivity index (χ1n) is 3.69. The van der Waals surface area contributed by atoms with Crippen LogP contribution in [0.5, 0.6) is 0 Å². The van der Waals surface area contributed by atoms with Crippen LogP contribution in [-0.2, 0) is 5.60 Å². The normalized spacial score (nSPS) is 16.0. The molecule has 1 atom stereocenters. The fourth-order valence-corrected chi connectivity index (χ4v) is 2.12. The van der Waals surface area contributed by atoms with Crippen molar-refractivity contribution in [2.24, 2.45) is 0 Å². The number of aliphatic hydroxyl groups is 1. The second-order valence-electron chi connectivity index (χ2n) is 2.91. The van der Waals surface area contributed by atoms with E-state index in [4.69, 9.17) is 11.6 Å². The van der Waals surface area contributed by atoms with Gasteiger partial charge in [-0.2, -0.15) is 0 Å². The maximum atomic E-state index is 9.89. The van der Waals surface area contributed by atoms with Crippen molar-refractivity contribution in [3.8, 4) is 0 Å². The number of hydrogen-bond acceptors (Lipinski definition) is 3. The molecule has 4 heteroatoms. The lowest BCUT2D eigenvalue weighted by atomic mass is 10.1. The lowest BCUT2D eigenvalue weighted by molar-refractivity contribution is 0.0630. The summed E-state index contributed by atoms with van der Waals surface area (Å²) < 4.78 is 0.710. The molecule has 68 valence electrons. The minimum atomic E-state index is -0.813. The van der Waals surface area contributed by atoms with E-state index in [0.717, 1.165) is 4.88 Å². The van der Waals surface area contributed by atoms with Gasteiger partial charge in [0.2, 0.25) is 0 Å². The Balaban J connectivity index is 2.81. The molecule has 1 rings (SSSR count). The van der Waals surface area contributed by atoms with Crippen LogP contribution in [-0.4, -0.2) is 18.7 Å². The summed E-state index contributed by atoms with van der Waals surface area (Å²) in [4.78, 5) is 0.891. The zero-order valence-corrected chi connectivity index (χ0v) is 8.67. The molecular formula is C8H12ClNOS. The molecule has 0 aromatic carbocycles. The number of thiophene rings is 1. The third-order valence-electron chi connectivity index (χ3n) is 1.63. The monoisotopic (exact) mass is 205 g/mol. The second-order valence-corrected chi connectivity index (χ2v) is 4.62. The van der Waals surface area contributed by atoms with Crippen LogP contribution in [0.4, 0.5) is 0 Å². The van der Waals surface area contributed by atoms with Crippen LogP contribution in [0.25, 0.3) is 0 Å². The van der Waals surface area contributed by atoms with E-state index in [0.29, 0.717) is 10.9 Å². The van der Waals surface area contributed by atoms with E-state index < -0.39 is 5.60 Å². The summed E-state index contributed by atoms with van der Waals surface area (Å²) in [5.41, 5.74) is -0.813. The largest absolute Gasteiger partial charge is 0.383 e. The highest BCUT2D eigenvalue weighted by molar-refractivity contribution is 7.16. The van der Waals surface area contributed by atoms with E-state index in [-0.39, 0.29) is 0 Å².